The molecule has 1 aliphatic carbocycles. The van der Waals surface area contributed by atoms with Crippen LogP contribution in [0.1, 0.15) is 52.4 Å². The maximum atomic E-state index is 2.61. The van der Waals surface area contributed by atoms with Gasteiger partial charge in [0.1, 0.15) is 0 Å². The zero-order valence-electron chi connectivity index (χ0n) is 15.0. The van der Waals surface area contributed by atoms with E-state index in [0.717, 1.165) is 11.5 Å². The van der Waals surface area contributed by atoms with E-state index in [9.17, 15) is 0 Å². The number of benzene rings is 1. The summed E-state index contributed by atoms with van der Waals surface area (Å²) in [6.07, 6.45) is 13.7. The van der Waals surface area contributed by atoms with Crippen LogP contribution in [0.3, 0.4) is 0 Å². The molecular formula is C21H34Si. The van der Waals surface area contributed by atoms with Crippen molar-refractivity contribution in [3.63, 3.8) is 0 Å². The van der Waals surface area contributed by atoms with Gasteiger partial charge in [-0.1, -0.05) is 113 Å². The molecule has 0 unspecified atom stereocenters. The second-order valence-electron chi connectivity index (χ2n) is 7.99. The largest absolute Gasteiger partial charge is 0.0876 e. The van der Waals surface area contributed by atoms with Crippen molar-refractivity contribution < 1.29 is 0 Å². The molecule has 1 aromatic rings. The number of hydrogen-bond acceptors (Lipinski definition) is 0. The van der Waals surface area contributed by atoms with Crippen LogP contribution in [0.25, 0.3) is 0 Å². The standard InChI is InChI=1S/C21H34Si/c1-18(2)16-17-21(19-12-8-5-6-9-13-19)22(3,4)20-14-10-7-11-15-20/h7,10-11,14-19,21H,5-6,8-9,12-13H2,1-4H3/b17-16+/t21-/m0/s1. The van der Waals surface area contributed by atoms with Crippen LogP contribution >= 0.6 is 0 Å². The molecule has 0 N–H and O–H groups in total. The summed E-state index contributed by atoms with van der Waals surface area (Å²) >= 11 is 0. The van der Waals surface area contributed by atoms with Crippen LogP contribution in [-0.4, -0.2) is 8.07 Å². The molecule has 0 heterocycles. The van der Waals surface area contributed by atoms with Gasteiger partial charge in [0.2, 0.25) is 0 Å². The highest BCUT2D eigenvalue weighted by molar-refractivity contribution is 6.91. The minimum absolute atomic E-state index is 0.661. The van der Waals surface area contributed by atoms with Gasteiger partial charge in [0.05, 0.1) is 8.07 Å². The summed E-state index contributed by atoms with van der Waals surface area (Å²) in [5.41, 5.74) is 0.787. The topological polar surface area (TPSA) is 0 Å². The molecular weight excluding hydrogens is 280 g/mol. The fraction of sp³-hybridized carbons (Fsp3) is 0.619. The lowest BCUT2D eigenvalue weighted by molar-refractivity contribution is 0.457. The molecule has 0 radical (unpaired) electrons. The van der Waals surface area contributed by atoms with Crippen molar-refractivity contribution in [3.8, 4) is 0 Å². The molecule has 0 amide bonds. The first-order valence-corrected chi connectivity index (χ1v) is 12.3. The highest BCUT2D eigenvalue weighted by atomic mass is 28.3. The van der Waals surface area contributed by atoms with Crippen LogP contribution in [0.2, 0.25) is 18.6 Å². The van der Waals surface area contributed by atoms with E-state index in [1.165, 1.54) is 38.5 Å². The molecule has 0 saturated heterocycles. The van der Waals surface area contributed by atoms with E-state index in [4.69, 9.17) is 0 Å². The van der Waals surface area contributed by atoms with Crippen molar-refractivity contribution in [2.75, 3.05) is 0 Å². The molecule has 1 aliphatic rings. The van der Waals surface area contributed by atoms with E-state index < -0.39 is 8.07 Å². The average Bonchev–Trinajstić information content (AvgIpc) is 2.77. The summed E-state index contributed by atoms with van der Waals surface area (Å²) in [6, 6.07) is 11.3. The Hall–Kier alpha value is -0.823. The van der Waals surface area contributed by atoms with Crippen LogP contribution < -0.4 is 5.19 Å². The van der Waals surface area contributed by atoms with Gasteiger partial charge in [0.25, 0.3) is 0 Å². The van der Waals surface area contributed by atoms with Crippen LogP contribution in [-0.2, 0) is 0 Å². The Labute approximate surface area is 139 Å². The fourth-order valence-corrected chi connectivity index (χ4v) is 7.60. The molecule has 0 aromatic heterocycles. The second kappa shape index (κ2) is 8.15. The van der Waals surface area contributed by atoms with Crippen molar-refractivity contribution >= 4 is 13.3 Å². The van der Waals surface area contributed by atoms with Crippen molar-refractivity contribution in [2.24, 2.45) is 11.8 Å². The molecule has 1 atom stereocenters. The van der Waals surface area contributed by atoms with E-state index in [0.29, 0.717) is 5.92 Å². The third kappa shape index (κ3) is 4.58. The van der Waals surface area contributed by atoms with Crippen LogP contribution in [0.15, 0.2) is 42.5 Å². The van der Waals surface area contributed by atoms with Gasteiger partial charge in [0, 0.05) is 0 Å². The van der Waals surface area contributed by atoms with Crippen molar-refractivity contribution in [1.82, 2.24) is 0 Å². The summed E-state index contributed by atoms with van der Waals surface area (Å²) in [4.78, 5) is 0. The van der Waals surface area contributed by atoms with Gasteiger partial charge < -0.3 is 0 Å². The minimum atomic E-state index is -1.47. The first-order chi connectivity index (χ1) is 10.5. The van der Waals surface area contributed by atoms with E-state index in [-0.39, 0.29) is 0 Å². The smallest absolute Gasteiger partial charge is 0.0872 e. The Morgan fingerprint density at radius 2 is 1.50 bits per heavy atom. The van der Waals surface area contributed by atoms with Gasteiger partial charge in [-0.2, -0.15) is 0 Å². The van der Waals surface area contributed by atoms with E-state index >= 15 is 0 Å². The maximum absolute atomic E-state index is 2.61. The zero-order valence-corrected chi connectivity index (χ0v) is 16.0. The zero-order chi connectivity index (χ0) is 16.0. The first-order valence-electron chi connectivity index (χ1n) is 9.25. The van der Waals surface area contributed by atoms with Crippen LogP contribution in [0.5, 0.6) is 0 Å². The van der Waals surface area contributed by atoms with Gasteiger partial charge in [-0.3, -0.25) is 0 Å². The summed E-state index contributed by atoms with van der Waals surface area (Å²) in [5.74, 6) is 1.56. The normalized spacial score (nSPS) is 19.5. The van der Waals surface area contributed by atoms with Crippen molar-refractivity contribution in [1.29, 1.82) is 0 Å². The van der Waals surface area contributed by atoms with Crippen LogP contribution in [0.4, 0.5) is 0 Å². The summed E-state index contributed by atoms with van der Waals surface area (Å²) < 4.78 is 0. The Morgan fingerprint density at radius 1 is 0.909 bits per heavy atom. The quantitative estimate of drug-likeness (QED) is 0.347. The molecule has 0 spiro atoms. The Balaban J connectivity index is 2.29. The SMILES string of the molecule is CC(C)/C=C/[C@@H](C1CCCCCC1)[Si](C)(C)c1ccccc1. The average molecular weight is 315 g/mol. The predicted octanol–water partition coefficient (Wildman–Crippen LogP) is 6.15. The lowest BCUT2D eigenvalue weighted by Crippen LogP contribution is -2.47. The van der Waals surface area contributed by atoms with Gasteiger partial charge in [-0.05, 0) is 17.4 Å². The molecule has 22 heavy (non-hydrogen) atoms. The number of rotatable bonds is 5. The summed E-state index contributed by atoms with van der Waals surface area (Å²) in [7, 11) is -1.47. The molecule has 1 aromatic carbocycles. The number of hydrogen-bond donors (Lipinski definition) is 0. The monoisotopic (exact) mass is 314 g/mol. The molecule has 0 nitrogen and oxygen atoms in total. The Bertz CT molecular complexity index is 450. The van der Waals surface area contributed by atoms with Gasteiger partial charge in [0.15, 0.2) is 0 Å². The first kappa shape index (κ1) is 17.5. The third-order valence-corrected chi connectivity index (χ3v) is 9.61. The van der Waals surface area contributed by atoms with Crippen molar-refractivity contribution in [3.05, 3.63) is 42.5 Å². The molecule has 0 bridgehead atoms. The highest BCUT2D eigenvalue weighted by Gasteiger charge is 2.37. The molecule has 1 fully saturated rings. The molecule has 1 saturated carbocycles. The molecule has 0 aliphatic heterocycles. The number of allylic oxidation sites excluding steroid dienone is 2. The van der Waals surface area contributed by atoms with Gasteiger partial charge in [-0.25, -0.2) is 0 Å². The summed E-state index contributed by atoms with van der Waals surface area (Å²) in [6.45, 7) is 9.78. The predicted molar refractivity (Wildman–Crippen MR) is 102 cm³/mol. The van der Waals surface area contributed by atoms with E-state index in [2.05, 4.69) is 69.4 Å². The fourth-order valence-electron chi connectivity index (χ4n) is 4.06. The lowest BCUT2D eigenvalue weighted by Gasteiger charge is -2.37. The van der Waals surface area contributed by atoms with Crippen molar-refractivity contribution in [2.45, 2.75) is 71.0 Å². The Morgan fingerprint density at radius 3 is 2.05 bits per heavy atom. The molecule has 122 valence electrons. The van der Waals surface area contributed by atoms with E-state index in [1.807, 2.05) is 0 Å². The maximum Gasteiger partial charge on any atom is 0.0876 e. The lowest BCUT2D eigenvalue weighted by atomic mass is 9.95. The second-order valence-corrected chi connectivity index (χ2v) is 12.7. The minimum Gasteiger partial charge on any atom is -0.0872 e. The third-order valence-electron chi connectivity index (χ3n) is 5.46. The molecule has 2 rings (SSSR count). The van der Waals surface area contributed by atoms with E-state index in [1.54, 1.807) is 5.19 Å². The van der Waals surface area contributed by atoms with Crippen LogP contribution in [0, 0.1) is 11.8 Å². The highest BCUT2D eigenvalue weighted by Crippen LogP contribution is 2.39. The van der Waals surface area contributed by atoms with Gasteiger partial charge >= 0.3 is 0 Å². The summed E-state index contributed by atoms with van der Waals surface area (Å²) in [5, 5.41) is 1.62. The van der Waals surface area contributed by atoms with Gasteiger partial charge in [-0.15, -0.1) is 0 Å². The molecule has 1 heteroatoms. The Kier molecular flexibility index (Phi) is 6.49.